The molecule has 4 nitrogen and oxygen atoms in total. The molecule has 106 valence electrons. The van der Waals surface area contributed by atoms with Gasteiger partial charge in [-0.25, -0.2) is 4.98 Å². The summed E-state index contributed by atoms with van der Waals surface area (Å²) in [6.45, 7) is 3.30. The number of thiazole rings is 1. The van der Waals surface area contributed by atoms with Gasteiger partial charge in [0.05, 0.1) is 10.7 Å². The molecule has 2 rings (SSSR count). The smallest absolute Gasteiger partial charge is 0.251 e. The standard InChI is InChI=1S/C15H19N3OS/c1-11-18-14(10-20-11)12-5-4-6-13(9-12)15(19)17-8-3-2-7-16/h4-6,9-10H,2-3,7-8,16H2,1H3,(H,17,19). The van der Waals surface area contributed by atoms with Crippen LogP contribution in [0.1, 0.15) is 28.2 Å². The van der Waals surface area contributed by atoms with E-state index in [0.29, 0.717) is 18.7 Å². The zero-order chi connectivity index (χ0) is 14.4. The predicted octanol–water partition coefficient (Wildman–Crippen LogP) is 2.59. The molecule has 1 aromatic carbocycles. The highest BCUT2D eigenvalue weighted by atomic mass is 32.1. The van der Waals surface area contributed by atoms with Crippen molar-refractivity contribution in [3.63, 3.8) is 0 Å². The maximum absolute atomic E-state index is 12.0. The molecule has 0 aliphatic rings. The van der Waals surface area contributed by atoms with Crippen LogP contribution in [0, 0.1) is 6.92 Å². The Morgan fingerprint density at radius 3 is 2.95 bits per heavy atom. The zero-order valence-corrected chi connectivity index (χ0v) is 12.4. The molecule has 0 saturated heterocycles. The number of unbranched alkanes of at least 4 members (excludes halogenated alkanes) is 1. The molecule has 3 N–H and O–H groups in total. The highest BCUT2D eigenvalue weighted by Crippen LogP contribution is 2.22. The zero-order valence-electron chi connectivity index (χ0n) is 11.6. The van der Waals surface area contributed by atoms with Gasteiger partial charge in [0.1, 0.15) is 0 Å². The maximum Gasteiger partial charge on any atom is 0.251 e. The van der Waals surface area contributed by atoms with Gasteiger partial charge in [-0.2, -0.15) is 0 Å². The summed E-state index contributed by atoms with van der Waals surface area (Å²) in [5.74, 6) is -0.0455. The Hall–Kier alpha value is -1.72. The molecule has 1 amide bonds. The number of carbonyl (C=O) groups excluding carboxylic acids is 1. The number of amides is 1. The van der Waals surface area contributed by atoms with E-state index in [2.05, 4.69) is 10.3 Å². The molecule has 2 aromatic rings. The van der Waals surface area contributed by atoms with E-state index in [9.17, 15) is 4.79 Å². The van der Waals surface area contributed by atoms with Gasteiger partial charge in [-0.3, -0.25) is 4.79 Å². The van der Waals surface area contributed by atoms with Crippen molar-refractivity contribution in [2.24, 2.45) is 5.73 Å². The Labute approximate surface area is 123 Å². The van der Waals surface area contributed by atoms with E-state index in [1.165, 1.54) is 0 Å². The molecule has 0 fully saturated rings. The molecule has 1 aromatic heterocycles. The molecule has 0 aliphatic heterocycles. The van der Waals surface area contributed by atoms with Crippen molar-refractivity contribution in [1.29, 1.82) is 0 Å². The van der Waals surface area contributed by atoms with Crippen LogP contribution in [-0.4, -0.2) is 24.0 Å². The van der Waals surface area contributed by atoms with Gasteiger partial charge in [0.2, 0.25) is 0 Å². The Kier molecular flexibility index (Phi) is 5.26. The monoisotopic (exact) mass is 289 g/mol. The maximum atomic E-state index is 12.0. The van der Waals surface area contributed by atoms with Crippen molar-refractivity contribution in [3.8, 4) is 11.3 Å². The van der Waals surface area contributed by atoms with Crippen molar-refractivity contribution >= 4 is 17.2 Å². The first-order valence-electron chi connectivity index (χ1n) is 6.71. The van der Waals surface area contributed by atoms with Gasteiger partial charge in [0.15, 0.2) is 0 Å². The van der Waals surface area contributed by atoms with Gasteiger partial charge in [-0.1, -0.05) is 12.1 Å². The molecule has 0 atom stereocenters. The Bertz CT molecular complexity index is 580. The van der Waals surface area contributed by atoms with Crippen LogP contribution in [0.4, 0.5) is 0 Å². The summed E-state index contributed by atoms with van der Waals surface area (Å²) in [5.41, 5.74) is 7.99. The number of hydrogen-bond acceptors (Lipinski definition) is 4. The average Bonchev–Trinajstić information content (AvgIpc) is 2.90. The number of hydrogen-bond donors (Lipinski definition) is 2. The number of nitrogens with zero attached hydrogens (tertiary/aromatic N) is 1. The summed E-state index contributed by atoms with van der Waals surface area (Å²) in [5, 5.41) is 5.94. The number of aromatic nitrogens is 1. The fourth-order valence-corrected chi connectivity index (χ4v) is 2.51. The minimum atomic E-state index is -0.0455. The van der Waals surface area contributed by atoms with Crippen molar-refractivity contribution < 1.29 is 4.79 Å². The van der Waals surface area contributed by atoms with Crippen molar-refractivity contribution in [2.75, 3.05) is 13.1 Å². The number of rotatable bonds is 6. The fraction of sp³-hybridized carbons (Fsp3) is 0.333. The lowest BCUT2D eigenvalue weighted by Crippen LogP contribution is -2.24. The second-order valence-electron chi connectivity index (χ2n) is 4.58. The van der Waals surface area contributed by atoms with E-state index in [1.54, 1.807) is 11.3 Å². The van der Waals surface area contributed by atoms with Gasteiger partial charge in [-0.05, 0) is 38.4 Å². The highest BCUT2D eigenvalue weighted by Gasteiger charge is 2.08. The summed E-state index contributed by atoms with van der Waals surface area (Å²) in [7, 11) is 0. The van der Waals surface area contributed by atoms with E-state index in [4.69, 9.17) is 5.73 Å². The second-order valence-corrected chi connectivity index (χ2v) is 5.65. The lowest BCUT2D eigenvalue weighted by molar-refractivity contribution is 0.0953. The molecule has 0 saturated carbocycles. The summed E-state index contributed by atoms with van der Waals surface area (Å²) in [6.07, 6.45) is 1.84. The predicted molar refractivity (Wildman–Crippen MR) is 82.9 cm³/mol. The Morgan fingerprint density at radius 2 is 2.25 bits per heavy atom. The summed E-state index contributed by atoms with van der Waals surface area (Å²) in [4.78, 5) is 16.5. The van der Waals surface area contributed by atoms with E-state index in [-0.39, 0.29) is 5.91 Å². The van der Waals surface area contributed by atoms with E-state index in [1.807, 2.05) is 36.6 Å². The van der Waals surface area contributed by atoms with Crippen LogP contribution in [0.2, 0.25) is 0 Å². The van der Waals surface area contributed by atoms with Gasteiger partial charge in [-0.15, -0.1) is 11.3 Å². The van der Waals surface area contributed by atoms with Gasteiger partial charge >= 0.3 is 0 Å². The molecule has 0 spiro atoms. The molecular formula is C15H19N3OS. The van der Waals surface area contributed by atoms with Crippen LogP contribution in [0.25, 0.3) is 11.3 Å². The van der Waals surface area contributed by atoms with E-state index < -0.39 is 0 Å². The summed E-state index contributed by atoms with van der Waals surface area (Å²) >= 11 is 1.61. The first-order chi connectivity index (χ1) is 9.70. The number of nitrogens with two attached hydrogens (primary N) is 1. The SMILES string of the molecule is Cc1nc(-c2cccc(C(=O)NCCCCN)c2)cs1. The molecule has 0 bridgehead atoms. The molecular weight excluding hydrogens is 270 g/mol. The van der Waals surface area contributed by atoms with Crippen molar-refractivity contribution in [1.82, 2.24) is 10.3 Å². The lowest BCUT2D eigenvalue weighted by atomic mass is 10.1. The number of nitrogens with one attached hydrogen (secondary N) is 1. The van der Waals surface area contributed by atoms with E-state index >= 15 is 0 Å². The molecule has 20 heavy (non-hydrogen) atoms. The van der Waals surface area contributed by atoms with Gasteiger partial charge < -0.3 is 11.1 Å². The molecule has 0 aliphatic carbocycles. The lowest BCUT2D eigenvalue weighted by Gasteiger charge is -2.06. The van der Waals surface area contributed by atoms with Crippen LogP contribution in [-0.2, 0) is 0 Å². The van der Waals surface area contributed by atoms with E-state index in [0.717, 1.165) is 29.1 Å². The van der Waals surface area contributed by atoms with Crippen LogP contribution < -0.4 is 11.1 Å². The number of aryl methyl sites for hydroxylation is 1. The number of benzene rings is 1. The second kappa shape index (κ2) is 7.17. The summed E-state index contributed by atoms with van der Waals surface area (Å²) < 4.78 is 0. The molecule has 5 heteroatoms. The van der Waals surface area contributed by atoms with Gasteiger partial charge in [0, 0.05) is 23.1 Å². The van der Waals surface area contributed by atoms with Crippen LogP contribution in [0.15, 0.2) is 29.6 Å². The Balaban J connectivity index is 2.04. The molecule has 1 heterocycles. The quantitative estimate of drug-likeness (QED) is 0.803. The van der Waals surface area contributed by atoms with Crippen LogP contribution in [0.5, 0.6) is 0 Å². The third-order valence-corrected chi connectivity index (χ3v) is 3.73. The third-order valence-electron chi connectivity index (χ3n) is 2.96. The van der Waals surface area contributed by atoms with Crippen molar-refractivity contribution in [2.45, 2.75) is 19.8 Å². The van der Waals surface area contributed by atoms with Gasteiger partial charge in [0.25, 0.3) is 5.91 Å². The normalized spacial score (nSPS) is 10.5. The first kappa shape index (κ1) is 14.7. The topological polar surface area (TPSA) is 68.0 Å². The number of carbonyl (C=O) groups is 1. The van der Waals surface area contributed by atoms with Crippen LogP contribution >= 0.6 is 11.3 Å². The van der Waals surface area contributed by atoms with Crippen molar-refractivity contribution in [3.05, 3.63) is 40.2 Å². The fourth-order valence-electron chi connectivity index (χ4n) is 1.89. The average molecular weight is 289 g/mol. The highest BCUT2D eigenvalue weighted by molar-refractivity contribution is 7.09. The third kappa shape index (κ3) is 3.88. The largest absolute Gasteiger partial charge is 0.352 e. The van der Waals surface area contributed by atoms with Crippen LogP contribution in [0.3, 0.4) is 0 Å². The molecule has 0 unspecified atom stereocenters. The Morgan fingerprint density at radius 1 is 1.40 bits per heavy atom. The summed E-state index contributed by atoms with van der Waals surface area (Å²) in [6, 6.07) is 7.56. The molecule has 0 radical (unpaired) electrons. The first-order valence-corrected chi connectivity index (χ1v) is 7.59. The minimum absolute atomic E-state index is 0.0455. The minimum Gasteiger partial charge on any atom is -0.352 e.